The minimum absolute atomic E-state index is 0.00912. The van der Waals surface area contributed by atoms with Crippen LogP contribution in [0.15, 0.2) is 91.0 Å². The van der Waals surface area contributed by atoms with Crippen molar-refractivity contribution in [3.05, 3.63) is 96.6 Å². The van der Waals surface area contributed by atoms with Crippen molar-refractivity contribution in [2.45, 2.75) is 83.8 Å². The van der Waals surface area contributed by atoms with Gasteiger partial charge < -0.3 is 14.1 Å². The van der Waals surface area contributed by atoms with Crippen LogP contribution in [0.2, 0.25) is 5.04 Å². The van der Waals surface area contributed by atoms with Crippen molar-refractivity contribution < 1.29 is 14.0 Å². The Morgan fingerprint density at radius 2 is 1.40 bits per heavy atom. The van der Waals surface area contributed by atoms with Crippen LogP contribution in [-0.2, 0) is 9.16 Å². The second-order valence-corrected chi connectivity index (χ2v) is 17.8. The molecule has 6 heteroatoms. The number of carbonyl (C=O) groups is 1. The molecule has 2 aliphatic rings. The molecule has 2 aliphatic heterocycles. The molecule has 0 radical (unpaired) electrons. The first-order chi connectivity index (χ1) is 20.1. The Bertz CT molecular complexity index is 1270. The van der Waals surface area contributed by atoms with Gasteiger partial charge in [-0.3, -0.25) is 4.90 Å². The SMILES string of the molecule is C[C@H](CO[Si](c1ccccc1)(c1ccccc1)C(C)(C)C)[C@H]1CC[C@H](C)[C@H](N2C(=O)N(C)[C@H](C)[C@@H]2c2ccccc2)O1. The first-order valence-corrected chi connectivity index (χ1v) is 17.5. The minimum Gasteiger partial charge on any atom is -0.407 e. The van der Waals surface area contributed by atoms with Gasteiger partial charge in [0.05, 0.1) is 18.2 Å². The van der Waals surface area contributed by atoms with Gasteiger partial charge in [-0.2, -0.15) is 0 Å². The number of hydrogen-bond donors (Lipinski definition) is 0. The molecule has 0 aliphatic carbocycles. The Morgan fingerprint density at radius 3 is 1.93 bits per heavy atom. The fourth-order valence-corrected chi connectivity index (χ4v) is 11.8. The van der Waals surface area contributed by atoms with E-state index < -0.39 is 8.32 Å². The predicted molar refractivity (Wildman–Crippen MR) is 173 cm³/mol. The molecule has 0 N–H and O–H groups in total. The molecule has 6 atom stereocenters. The van der Waals surface area contributed by atoms with Crippen molar-refractivity contribution in [3.8, 4) is 0 Å². The van der Waals surface area contributed by atoms with Crippen molar-refractivity contribution >= 4 is 24.7 Å². The molecule has 0 bridgehead atoms. The number of nitrogens with zero attached hydrogens (tertiary/aromatic N) is 2. The molecule has 2 fully saturated rings. The van der Waals surface area contributed by atoms with E-state index in [1.54, 1.807) is 0 Å². The smallest absolute Gasteiger partial charge is 0.322 e. The van der Waals surface area contributed by atoms with Crippen LogP contribution in [-0.4, -0.2) is 56.2 Å². The van der Waals surface area contributed by atoms with E-state index in [-0.39, 0.29) is 47.3 Å². The summed E-state index contributed by atoms with van der Waals surface area (Å²) < 4.78 is 14.2. The first-order valence-electron chi connectivity index (χ1n) is 15.6. The molecule has 3 aromatic rings. The molecule has 42 heavy (non-hydrogen) atoms. The Labute approximate surface area is 254 Å². The highest BCUT2D eigenvalue weighted by Crippen LogP contribution is 2.42. The average molecular weight is 585 g/mol. The van der Waals surface area contributed by atoms with Gasteiger partial charge in [0, 0.05) is 25.5 Å². The van der Waals surface area contributed by atoms with Crippen molar-refractivity contribution in [3.63, 3.8) is 0 Å². The summed E-state index contributed by atoms with van der Waals surface area (Å²) in [5.74, 6) is 0.421. The maximum absolute atomic E-state index is 13.7. The van der Waals surface area contributed by atoms with Gasteiger partial charge in [-0.15, -0.1) is 0 Å². The Kier molecular flexibility index (Phi) is 8.98. The zero-order chi connectivity index (χ0) is 30.1. The van der Waals surface area contributed by atoms with Crippen LogP contribution < -0.4 is 10.4 Å². The third kappa shape index (κ3) is 5.57. The van der Waals surface area contributed by atoms with Crippen molar-refractivity contribution in [1.29, 1.82) is 0 Å². The highest BCUT2D eigenvalue weighted by Gasteiger charge is 2.52. The topological polar surface area (TPSA) is 42.0 Å². The van der Waals surface area contributed by atoms with Gasteiger partial charge in [0.1, 0.15) is 6.23 Å². The second-order valence-electron chi connectivity index (χ2n) is 13.5. The number of carbonyl (C=O) groups excluding carboxylic acids is 1. The summed E-state index contributed by atoms with van der Waals surface area (Å²) in [5.41, 5.74) is 1.16. The summed E-state index contributed by atoms with van der Waals surface area (Å²) in [6.45, 7) is 14.2. The van der Waals surface area contributed by atoms with E-state index in [0.29, 0.717) is 6.61 Å². The van der Waals surface area contributed by atoms with E-state index in [4.69, 9.17) is 9.16 Å². The summed E-state index contributed by atoms with van der Waals surface area (Å²) >= 11 is 0. The fourth-order valence-electron chi connectivity index (χ4n) is 7.11. The third-order valence-electron chi connectivity index (χ3n) is 9.63. The molecule has 2 amide bonds. The summed E-state index contributed by atoms with van der Waals surface area (Å²) in [6, 6.07) is 32.1. The van der Waals surface area contributed by atoms with Crippen LogP contribution in [0.25, 0.3) is 0 Å². The molecule has 0 unspecified atom stereocenters. The van der Waals surface area contributed by atoms with Crippen LogP contribution in [0.1, 0.15) is 66.0 Å². The normalized spacial score (nSPS) is 26.0. The zero-order valence-corrected chi connectivity index (χ0v) is 27.4. The number of amides is 2. The lowest BCUT2D eigenvalue weighted by molar-refractivity contribution is -0.163. The van der Waals surface area contributed by atoms with Gasteiger partial charge in [-0.05, 0) is 40.7 Å². The summed E-state index contributed by atoms with van der Waals surface area (Å²) in [6.07, 6.45) is 1.72. The van der Waals surface area contributed by atoms with E-state index in [2.05, 4.69) is 126 Å². The van der Waals surface area contributed by atoms with Gasteiger partial charge in [0.15, 0.2) is 0 Å². The zero-order valence-electron chi connectivity index (χ0n) is 26.4. The molecule has 0 aromatic heterocycles. The fraction of sp³-hybridized carbons (Fsp3) is 0.472. The largest absolute Gasteiger partial charge is 0.407 e. The predicted octanol–water partition coefficient (Wildman–Crippen LogP) is 6.84. The second kappa shape index (κ2) is 12.4. The Hall–Kier alpha value is -2.93. The first kappa shape index (κ1) is 30.5. The van der Waals surface area contributed by atoms with Gasteiger partial charge in [0.2, 0.25) is 0 Å². The molecule has 0 spiro atoms. The van der Waals surface area contributed by atoms with Gasteiger partial charge in [-0.25, -0.2) is 4.79 Å². The lowest BCUT2D eigenvalue weighted by Gasteiger charge is -2.46. The van der Waals surface area contributed by atoms with Crippen molar-refractivity contribution in [2.75, 3.05) is 13.7 Å². The number of benzene rings is 3. The molecule has 224 valence electrons. The number of ether oxygens (including phenoxy) is 1. The third-order valence-corrected chi connectivity index (χ3v) is 14.6. The van der Waals surface area contributed by atoms with Crippen LogP contribution >= 0.6 is 0 Å². The van der Waals surface area contributed by atoms with Crippen LogP contribution in [0.3, 0.4) is 0 Å². The standard InChI is InChI=1S/C36H48N2O3Si/c1-26-23-24-32(41-34(26)38-33(28(3)37(7)35(38)39)29-17-11-8-12-18-29)27(2)25-40-42(36(4,5)6,30-19-13-9-14-20-30)31-21-15-10-16-22-31/h8-22,26-28,32-34H,23-25H2,1-7H3/t26-,27+,28+,32+,33+,34+/m0/s1. The molecule has 5 nitrogen and oxygen atoms in total. The molecule has 2 heterocycles. The molecule has 2 saturated heterocycles. The maximum Gasteiger partial charge on any atom is 0.322 e. The molecular weight excluding hydrogens is 536 g/mol. The maximum atomic E-state index is 13.7. The van der Waals surface area contributed by atoms with Crippen molar-refractivity contribution in [2.24, 2.45) is 11.8 Å². The molecule has 5 rings (SSSR count). The number of rotatable bonds is 8. The summed E-state index contributed by atoms with van der Waals surface area (Å²) in [7, 11) is -0.732. The number of urea groups is 1. The van der Waals surface area contributed by atoms with E-state index in [9.17, 15) is 4.79 Å². The number of hydrogen-bond acceptors (Lipinski definition) is 3. The molecular formula is C36H48N2O3Si. The van der Waals surface area contributed by atoms with Crippen LogP contribution in [0.4, 0.5) is 4.79 Å². The monoisotopic (exact) mass is 584 g/mol. The highest BCUT2D eigenvalue weighted by molar-refractivity contribution is 6.99. The molecule has 0 saturated carbocycles. The molecule has 3 aromatic carbocycles. The van der Waals surface area contributed by atoms with Crippen LogP contribution in [0, 0.1) is 11.8 Å². The Balaban J connectivity index is 1.41. The van der Waals surface area contributed by atoms with Gasteiger partial charge >= 0.3 is 6.03 Å². The summed E-state index contributed by atoms with van der Waals surface area (Å²) in [4.78, 5) is 17.5. The quantitative estimate of drug-likeness (QED) is 0.272. The van der Waals surface area contributed by atoms with E-state index >= 15 is 0 Å². The highest BCUT2D eigenvalue weighted by atomic mass is 28.4. The van der Waals surface area contributed by atoms with Gasteiger partial charge in [0.25, 0.3) is 8.32 Å². The van der Waals surface area contributed by atoms with E-state index in [1.165, 1.54) is 10.4 Å². The van der Waals surface area contributed by atoms with Crippen LogP contribution in [0.5, 0.6) is 0 Å². The number of likely N-dealkylation sites (N-methyl/N-ethyl adjacent to an activating group) is 1. The Morgan fingerprint density at radius 1 is 0.881 bits per heavy atom. The lowest BCUT2D eigenvalue weighted by atomic mass is 9.90. The van der Waals surface area contributed by atoms with E-state index in [0.717, 1.165) is 18.4 Å². The lowest BCUT2D eigenvalue weighted by Crippen LogP contribution is -2.67. The summed E-state index contributed by atoms with van der Waals surface area (Å²) in [5, 5.41) is 2.50. The minimum atomic E-state index is -2.64. The van der Waals surface area contributed by atoms with E-state index in [1.807, 2.05) is 22.9 Å². The average Bonchev–Trinajstić information content (AvgIpc) is 3.22. The van der Waals surface area contributed by atoms with Gasteiger partial charge in [-0.1, -0.05) is 126 Å². The van der Waals surface area contributed by atoms with Crippen molar-refractivity contribution in [1.82, 2.24) is 9.80 Å².